The highest BCUT2D eigenvalue weighted by atomic mass is 35.5. The molecule has 92 valence electrons. The minimum atomic E-state index is -0.590. The lowest BCUT2D eigenvalue weighted by Gasteiger charge is -2.22. The Bertz CT molecular complexity index is 442. The zero-order chi connectivity index (χ0) is 12.4. The second-order valence-corrected chi connectivity index (χ2v) is 4.89. The predicted octanol–water partition coefficient (Wildman–Crippen LogP) is 4.00. The second kappa shape index (κ2) is 4.92. The van der Waals surface area contributed by atoms with Crippen molar-refractivity contribution in [1.82, 2.24) is 0 Å². The Morgan fingerprint density at radius 3 is 2.53 bits per heavy atom. The Balaban J connectivity index is 2.41. The topological polar surface area (TPSA) is 63.4 Å². The third-order valence-corrected chi connectivity index (χ3v) is 3.54. The highest BCUT2D eigenvalue weighted by Gasteiger charge is 2.25. The van der Waals surface area contributed by atoms with Crippen molar-refractivity contribution in [1.29, 1.82) is 0 Å². The van der Waals surface area contributed by atoms with Crippen molar-refractivity contribution in [2.24, 2.45) is 0 Å². The normalized spacial score (nSPS) is 17.0. The van der Waals surface area contributed by atoms with Gasteiger partial charge in [0.15, 0.2) is 5.75 Å². The first-order valence-corrected chi connectivity index (χ1v) is 6.14. The molecule has 0 radical (unpaired) electrons. The maximum Gasteiger partial charge on any atom is 0.312 e. The van der Waals surface area contributed by atoms with Crippen molar-refractivity contribution < 1.29 is 10.0 Å². The molecule has 0 aliphatic heterocycles. The van der Waals surface area contributed by atoms with E-state index >= 15 is 0 Å². The van der Waals surface area contributed by atoms with E-state index in [1.54, 1.807) is 6.07 Å². The monoisotopic (exact) mass is 255 g/mol. The van der Waals surface area contributed by atoms with Gasteiger partial charge in [0.2, 0.25) is 0 Å². The number of hydrogen-bond acceptors (Lipinski definition) is 3. The van der Waals surface area contributed by atoms with E-state index in [4.69, 9.17) is 11.6 Å². The lowest BCUT2D eigenvalue weighted by Crippen LogP contribution is -2.05. The SMILES string of the molecule is O=[N+]([O-])c1cc(Cl)cc(C2CCCCC2)c1O. The summed E-state index contributed by atoms with van der Waals surface area (Å²) in [6, 6.07) is 2.85. The number of rotatable bonds is 2. The average molecular weight is 256 g/mol. The molecule has 5 heteroatoms. The van der Waals surface area contributed by atoms with E-state index in [-0.39, 0.29) is 17.4 Å². The molecule has 0 aromatic heterocycles. The van der Waals surface area contributed by atoms with Crippen LogP contribution in [0.4, 0.5) is 5.69 Å². The van der Waals surface area contributed by atoms with Crippen molar-refractivity contribution in [2.75, 3.05) is 0 Å². The van der Waals surface area contributed by atoms with Gasteiger partial charge in [0, 0.05) is 16.7 Å². The number of hydrogen-bond donors (Lipinski definition) is 1. The molecule has 1 fully saturated rings. The summed E-state index contributed by atoms with van der Waals surface area (Å²) in [5, 5.41) is 21.0. The first-order valence-electron chi connectivity index (χ1n) is 5.76. The molecular formula is C12H14ClNO3. The van der Waals surface area contributed by atoms with E-state index < -0.39 is 4.92 Å². The fourth-order valence-corrected chi connectivity index (χ4v) is 2.69. The van der Waals surface area contributed by atoms with Crippen molar-refractivity contribution in [3.05, 3.63) is 32.8 Å². The van der Waals surface area contributed by atoms with E-state index in [1.165, 1.54) is 12.5 Å². The minimum Gasteiger partial charge on any atom is -0.502 e. The summed E-state index contributed by atoms with van der Waals surface area (Å²) in [6.07, 6.45) is 5.32. The zero-order valence-electron chi connectivity index (χ0n) is 9.36. The van der Waals surface area contributed by atoms with E-state index in [1.807, 2.05) is 0 Å². The fourth-order valence-electron chi connectivity index (χ4n) is 2.47. The van der Waals surface area contributed by atoms with E-state index in [2.05, 4.69) is 0 Å². The molecule has 2 rings (SSSR count). The van der Waals surface area contributed by atoms with Gasteiger partial charge in [-0.15, -0.1) is 0 Å². The number of nitro benzene ring substituents is 1. The van der Waals surface area contributed by atoms with Crippen LogP contribution in [0.2, 0.25) is 5.02 Å². The van der Waals surface area contributed by atoms with Gasteiger partial charge in [-0.1, -0.05) is 30.9 Å². The molecule has 0 unspecified atom stereocenters. The molecule has 1 aromatic rings. The van der Waals surface area contributed by atoms with Gasteiger partial charge >= 0.3 is 5.69 Å². The first kappa shape index (κ1) is 12.2. The van der Waals surface area contributed by atoms with E-state index in [9.17, 15) is 15.2 Å². The number of benzene rings is 1. The van der Waals surface area contributed by atoms with Crippen LogP contribution in [0.15, 0.2) is 12.1 Å². The number of halogens is 1. The highest BCUT2D eigenvalue weighted by molar-refractivity contribution is 6.31. The predicted molar refractivity (Wildman–Crippen MR) is 65.6 cm³/mol. The van der Waals surface area contributed by atoms with Gasteiger partial charge in [0.25, 0.3) is 0 Å². The van der Waals surface area contributed by atoms with Gasteiger partial charge in [0.05, 0.1) is 4.92 Å². The van der Waals surface area contributed by atoms with Crippen LogP contribution in [-0.4, -0.2) is 10.0 Å². The zero-order valence-corrected chi connectivity index (χ0v) is 10.1. The minimum absolute atomic E-state index is 0.196. The summed E-state index contributed by atoms with van der Waals surface area (Å²) in [7, 11) is 0. The van der Waals surface area contributed by atoms with E-state index in [0.717, 1.165) is 25.7 Å². The molecule has 1 saturated carbocycles. The maximum atomic E-state index is 10.8. The number of nitro groups is 1. The Hall–Kier alpha value is -1.29. The molecule has 0 heterocycles. The van der Waals surface area contributed by atoms with Crippen LogP contribution in [0.1, 0.15) is 43.6 Å². The Labute approximate surface area is 104 Å². The van der Waals surface area contributed by atoms with Gasteiger partial charge in [0.1, 0.15) is 0 Å². The van der Waals surface area contributed by atoms with Crippen molar-refractivity contribution >= 4 is 17.3 Å². The average Bonchev–Trinajstić information content (AvgIpc) is 2.32. The molecule has 0 saturated heterocycles. The third-order valence-electron chi connectivity index (χ3n) is 3.33. The van der Waals surface area contributed by atoms with Gasteiger partial charge in [-0.25, -0.2) is 0 Å². The van der Waals surface area contributed by atoms with Crippen LogP contribution in [0.3, 0.4) is 0 Å². The number of phenols is 1. The quantitative estimate of drug-likeness (QED) is 0.642. The van der Waals surface area contributed by atoms with Crippen LogP contribution in [-0.2, 0) is 0 Å². The summed E-state index contributed by atoms with van der Waals surface area (Å²) < 4.78 is 0. The number of nitrogens with zero attached hydrogens (tertiary/aromatic N) is 1. The lowest BCUT2D eigenvalue weighted by molar-refractivity contribution is -0.385. The molecule has 0 spiro atoms. The smallest absolute Gasteiger partial charge is 0.312 e. The van der Waals surface area contributed by atoms with Crippen molar-refractivity contribution in [2.45, 2.75) is 38.0 Å². The number of aromatic hydroxyl groups is 1. The second-order valence-electron chi connectivity index (χ2n) is 4.45. The molecule has 17 heavy (non-hydrogen) atoms. The molecule has 4 nitrogen and oxygen atoms in total. The molecule has 1 N–H and O–H groups in total. The lowest BCUT2D eigenvalue weighted by atomic mass is 9.83. The Morgan fingerprint density at radius 2 is 1.94 bits per heavy atom. The summed E-state index contributed by atoms with van der Waals surface area (Å²) in [5.74, 6) is -0.0209. The van der Waals surface area contributed by atoms with Gasteiger partial charge in [-0.3, -0.25) is 10.1 Å². The first-order chi connectivity index (χ1) is 8.09. The standard InChI is InChI=1S/C12H14ClNO3/c13-9-6-10(8-4-2-1-3-5-8)12(15)11(7-9)14(16)17/h6-8,15H,1-5H2. The van der Waals surface area contributed by atoms with Crippen LogP contribution in [0.5, 0.6) is 5.75 Å². The van der Waals surface area contributed by atoms with Crippen LogP contribution < -0.4 is 0 Å². The summed E-state index contributed by atoms with van der Waals surface area (Å²) in [6.45, 7) is 0. The largest absolute Gasteiger partial charge is 0.502 e. The molecule has 0 amide bonds. The van der Waals surface area contributed by atoms with Gasteiger partial charge in [-0.2, -0.15) is 0 Å². The molecule has 0 atom stereocenters. The summed E-state index contributed by atoms with van der Waals surface area (Å²) in [5.41, 5.74) is 0.335. The molecule has 1 aliphatic rings. The highest BCUT2D eigenvalue weighted by Crippen LogP contribution is 2.42. The van der Waals surface area contributed by atoms with Gasteiger partial charge < -0.3 is 5.11 Å². The number of phenolic OH excluding ortho intramolecular Hbond substituents is 1. The van der Waals surface area contributed by atoms with Crippen molar-refractivity contribution in [3.8, 4) is 5.75 Å². The Morgan fingerprint density at radius 1 is 1.29 bits per heavy atom. The van der Waals surface area contributed by atoms with Crippen molar-refractivity contribution in [3.63, 3.8) is 0 Å². The molecule has 1 aromatic carbocycles. The van der Waals surface area contributed by atoms with Crippen LogP contribution in [0, 0.1) is 10.1 Å². The molecule has 1 aliphatic carbocycles. The fraction of sp³-hybridized carbons (Fsp3) is 0.500. The molecular weight excluding hydrogens is 242 g/mol. The summed E-state index contributed by atoms with van der Waals surface area (Å²) >= 11 is 5.87. The van der Waals surface area contributed by atoms with Crippen LogP contribution >= 0.6 is 11.6 Å². The van der Waals surface area contributed by atoms with Crippen LogP contribution in [0.25, 0.3) is 0 Å². The molecule has 0 bridgehead atoms. The Kier molecular flexibility index (Phi) is 3.52. The maximum absolute atomic E-state index is 10.8. The third kappa shape index (κ3) is 2.52. The van der Waals surface area contributed by atoms with E-state index in [0.29, 0.717) is 10.6 Å². The van der Waals surface area contributed by atoms with Gasteiger partial charge in [-0.05, 0) is 24.8 Å². The summed E-state index contributed by atoms with van der Waals surface area (Å²) in [4.78, 5) is 10.2.